The van der Waals surface area contributed by atoms with Crippen molar-refractivity contribution in [1.29, 1.82) is 0 Å². The fourth-order valence-corrected chi connectivity index (χ4v) is 4.44. The second kappa shape index (κ2) is 9.93. The van der Waals surface area contributed by atoms with Crippen LogP contribution in [-0.2, 0) is 24.2 Å². The summed E-state index contributed by atoms with van der Waals surface area (Å²) in [4.78, 5) is 30.6. The van der Waals surface area contributed by atoms with E-state index in [4.69, 9.17) is 4.74 Å². The van der Waals surface area contributed by atoms with Crippen LogP contribution in [0.3, 0.4) is 0 Å². The molecule has 1 aromatic heterocycles. The van der Waals surface area contributed by atoms with Crippen LogP contribution in [0, 0.1) is 0 Å². The number of thioether (sulfide) groups is 1. The molecule has 0 saturated carbocycles. The minimum atomic E-state index is -0.199. The molecule has 0 saturated heterocycles. The lowest BCUT2D eigenvalue weighted by atomic mass is 10.2. The Hall–Kier alpha value is -2.32. The van der Waals surface area contributed by atoms with Gasteiger partial charge in [0.1, 0.15) is 10.8 Å². The first-order valence-electron chi connectivity index (χ1n) is 9.96. The van der Waals surface area contributed by atoms with Gasteiger partial charge in [-0.15, -0.1) is 0 Å². The van der Waals surface area contributed by atoms with Crippen LogP contribution < -0.4 is 20.6 Å². The Morgan fingerprint density at radius 2 is 2.17 bits per heavy atom. The number of amides is 1. The number of rotatable bonds is 9. The van der Waals surface area contributed by atoms with Crippen molar-refractivity contribution in [2.45, 2.75) is 37.3 Å². The zero-order chi connectivity index (χ0) is 20.8. The molecule has 2 aromatic rings. The molecule has 0 bridgehead atoms. The summed E-state index contributed by atoms with van der Waals surface area (Å²) in [6.45, 7) is 1.72. The van der Waals surface area contributed by atoms with Crippen LogP contribution in [0.5, 0.6) is 5.75 Å². The van der Waals surface area contributed by atoms with E-state index in [0.29, 0.717) is 23.0 Å². The fraction of sp³-hybridized carbons (Fsp3) is 0.476. The van der Waals surface area contributed by atoms with E-state index in [1.165, 1.54) is 16.7 Å². The molecule has 7 nitrogen and oxygen atoms in total. The third-order valence-corrected chi connectivity index (χ3v) is 5.97. The number of carbonyl (C=O) groups excluding carboxylic acids is 1. The van der Waals surface area contributed by atoms with Crippen LogP contribution in [0.25, 0.3) is 0 Å². The zero-order valence-corrected chi connectivity index (χ0v) is 18.1. The molecule has 0 unspecified atom stereocenters. The number of fused-ring (bicyclic) bond motifs is 1. The van der Waals surface area contributed by atoms with Crippen LogP contribution in [0.2, 0.25) is 0 Å². The first kappa shape index (κ1) is 21.4. The Morgan fingerprint density at radius 1 is 1.34 bits per heavy atom. The molecule has 0 aliphatic heterocycles. The molecule has 1 heterocycles. The van der Waals surface area contributed by atoms with Crippen molar-refractivity contribution >= 4 is 23.4 Å². The number of carbonyl (C=O) groups is 1. The molecular weight excluding hydrogens is 388 g/mol. The summed E-state index contributed by atoms with van der Waals surface area (Å²) in [5.74, 6) is 0.772. The highest BCUT2D eigenvalue weighted by molar-refractivity contribution is 8.00. The Kier molecular flexibility index (Phi) is 7.33. The van der Waals surface area contributed by atoms with Gasteiger partial charge in [0.15, 0.2) is 0 Å². The fourth-order valence-electron chi connectivity index (χ4n) is 3.56. The number of benzene rings is 1. The van der Waals surface area contributed by atoms with E-state index < -0.39 is 0 Å². The molecule has 0 fully saturated rings. The van der Waals surface area contributed by atoms with Crippen molar-refractivity contribution in [1.82, 2.24) is 9.55 Å². The number of methoxy groups -OCH3 is 1. The summed E-state index contributed by atoms with van der Waals surface area (Å²) in [5, 5.41) is 3.57. The van der Waals surface area contributed by atoms with E-state index in [0.717, 1.165) is 43.5 Å². The number of hydrogen-bond acceptors (Lipinski definition) is 5. The van der Waals surface area contributed by atoms with Gasteiger partial charge in [-0.25, -0.2) is 4.79 Å². The molecule has 0 spiro atoms. The lowest BCUT2D eigenvalue weighted by Gasteiger charge is -2.15. The van der Waals surface area contributed by atoms with E-state index >= 15 is 0 Å². The standard InChI is InChI=1S/C21H28N4O3S/c1-24(2)11-6-12-25-18-10-5-9-17(18)20(23-21(25)27)29-14-19(26)22-15-7-4-8-16(13-15)28-3/h4,7-8,13H,5-6,9-12,14H2,1-3H3,(H,22,26)/p+1. The lowest BCUT2D eigenvalue weighted by molar-refractivity contribution is -0.858. The van der Waals surface area contributed by atoms with Crippen LogP contribution in [0.4, 0.5) is 5.69 Å². The number of hydrogen-bond donors (Lipinski definition) is 2. The molecule has 2 N–H and O–H groups in total. The Labute approximate surface area is 175 Å². The molecule has 156 valence electrons. The van der Waals surface area contributed by atoms with E-state index in [9.17, 15) is 9.59 Å². The highest BCUT2D eigenvalue weighted by atomic mass is 32.2. The van der Waals surface area contributed by atoms with Crippen LogP contribution >= 0.6 is 11.8 Å². The van der Waals surface area contributed by atoms with Gasteiger partial charge < -0.3 is 15.0 Å². The summed E-state index contributed by atoms with van der Waals surface area (Å²) in [7, 11) is 5.82. The number of aromatic nitrogens is 2. The molecule has 1 aromatic carbocycles. The molecule has 1 amide bonds. The van der Waals surface area contributed by atoms with Gasteiger partial charge in [0, 0.05) is 36.0 Å². The van der Waals surface area contributed by atoms with Crippen LogP contribution in [0.15, 0.2) is 34.1 Å². The maximum absolute atomic E-state index is 12.6. The third-order valence-electron chi connectivity index (χ3n) is 4.95. The third kappa shape index (κ3) is 5.61. The average Bonchev–Trinajstić information content (AvgIpc) is 3.18. The largest absolute Gasteiger partial charge is 0.497 e. The predicted octanol–water partition coefficient (Wildman–Crippen LogP) is 1.01. The first-order valence-corrected chi connectivity index (χ1v) is 10.9. The first-order chi connectivity index (χ1) is 14.0. The van der Waals surface area contributed by atoms with Crippen molar-refractivity contribution in [2.75, 3.05) is 38.8 Å². The van der Waals surface area contributed by atoms with Crippen LogP contribution in [-0.4, -0.2) is 49.0 Å². The van der Waals surface area contributed by atoms with Gasteiger partial charge in [-0.1, -0.05) is 17.8 Å². The molecular formula is C21H29N4O3S+. The second-order valence-electron chi connectivity index (χ2n) is 7.51. The summed E-state index contributed by atoms with van der Waals surface area (Å²) in [6.07, 6.45) is 3.81. The second-order valence-corrected chi connectivity index (χ2v) is 8.47. The molecule has 8 heteroatoms. The van der Waals surface area contributed by atoms with E-state index in [1.807, 2.05) is 22.8 Å². The molecule has 1 aliphatic rings. The summed E-state index contributed by atoms with van der Waals surface area (Å²) in [6, 6.07) is 7.24. The summed E-state index contributed by atoms with van der Waals surface area (Å²) < 4.78 is 7.02. The van der Waals surface area contributed by atoms with Gasteiger partial charge in [-0.05, 0) is 31.4 Å². The van der Waals surface area contributed by atoms with Gasteiger partial charge >= 0.3 is 5.69 Å². The smallest absolute Gasteiger partial charge is 0.348 e. The highest BCUT2D eigenvalue weighted by Gasteiger charge is 2.22. The van der Waals surface area contributed by atoms with Gasteiger partial charge in [0.05, 0.1) is 33.5 Å². The van der Waals surface area contributed by atoms with Gasteiger partial charge in [-0.3, -0.25) is 9.36 Å². The molecule has 0 atom stereocenters. The highest BCUT2D eigenvalue weighted by Crippen LogP contribution is 2.29. The van der Waals surface area contributed by atoms with Gasteiger partial charge in [0.25, 0.3) is 0 Å². The Morgan fingerprint density at radius 3 is 2.93 bits per heavy atom. The predicted molar refractivity (Wildman–Crippen MR) is 115 cm³/mol. The van der Waals surface area contributed by atoms with Gasteiger partial charge in [0.2, 0.25) is 5.91 Å². The maximum Gasteiger partial charge on any atom is 0.348 e. The lowest BCUT2D eigenvalue weighted by Crippen LogP contribution is -3.05. The van der Waals surface area contributed by atoms with Crippen LogP contribution in [0.1, 0.15) is 24.1 Å². The minimum absolute atomic E-state index is 0.130. The van der Waals surface area contributed by atoms with E-state index in [-0.39, 0.29) is 17.3 Å². The summed E-state index contributed by atoms with van der Waals surface area (Å²) in [5.41, 5.74) is 2.73. The van der Waals surface area contributed by atoms with Crippen molar-refractivity contribution < 1.29 is 14.4 Å². The van der Waals surface area contributed by atoms with Crippen molar-refractivity contribution in [3.63, 3.8) is 0 Å². The number of quaternary nitrogens is 1. The van der Waals surface area contributed by atoms with Crippen molar-refractivity contribution in [3.8, 4) is 5.75 Å². The number of nitrogens with zero attached hydrogens (tertiary/aromatic N) is 2. The molecule has 3 rings (SSSR count). The SMILES string of the molecule is COc1cccc(NC(=O)CSc2nc(=O)n(CCC[NH+](C)C)c3c2CCC3)c1. The Bertz CT molecular complexity index is 927. The number of anilines is 1. The summed E-state index contributed by atoms with van der Waals surface area (Å²) >= 11 is 1.34. The minimum Gasteiger partial charge on any atom is -0.497 e. The van der Waals surface area contributed by atoms with E-state index in [2.05, 4.69) is 24.4 Å². The molecule has 29 heavy (non-hydrogen) atoms. The Balaban J connectivity index is 1.66. The topological polar surface area (TPSA) is 77.7 Å². The zero-order valence-electron chi connectivity index (χ0n) is 17.3. The van der Waals surface area contributed by atoms with Crippen molar-refractivity contribution in [2.24, 2.45) is 0 Å². The average molecular weight is 418 g/mol. The van der Waals surface area contributed by atoms with Gasteiger partial charge in [-0.2, -0.15) is 4.98 Å². The maximum atomic E-state index is 12.6. The number of ether oxygens (including phenoxy) is 1. The molecule has 1 aliphatic carbocycles. The van der Waals surface area contributed by atoms with Crippen molar-refractivity contribution in [3.05, 3.63) is 46.0 Å². The van der Waals surface area contributed by atoms with E-state index in [1.54, 1.807) is 13.2 Å². The quantitative estimate of drug-likeness (QED) is 0.470. The normalized spacial score (nSPS) is 12.8. The molecule has 0 radical (unpaired) electrons. The number of nitrogens with one attached hydrogen (secondary N) is 2. The monoisotopic (exact) mass is 417 g/mol.